The Labute approximate surface area is 193 Å². The molecule has 0 aliphatic rings. The molecule has 178 valence electrons. The summed E-state index contributed by atoms with van der Waals surface area (Å²) in [6.45, 7) is 4.82. The normalized spacial score (nSPS) is 12.0. The lowest BCUT2D eigenvalue weighted by atomic mass is 10.2. The molecule has 0 radical (unpaired) electrons. The molecule has 1 amide bonds. The number of carbonyl (C=O) groups excluding carboxylic acids is 1. The topological polar surface area (TPSA) is 116 Å². The number of benzene rings is 1. The molecule has 0 atom stereocenters. The molecule has 0 unspecified atom stereocenters. The lowest BCUT2D eigenvalue weighted by molar-refractivity contribution is -0.114. The Hall–Kier alpha value is -3.15. The highest BCUT2D eigenvalue weighted by Gasteiger charge is 2.17. The fourth-order valence-electron chi connectivity index (χ4n) is 3.37. The highest BCUT2D eigenvalue weighted by atomic mass is 32.2. The number of fused-ring (bicyclic) bond motifs is 1. The summed E-state index contributed by atoms with van der Waals surface area (Å²) in [7, 11) is -0.469. The molecule has 3 rings (SSSR count). The van der Waals surface area contributed by atoms with Crippen LogP contribution in [0.15, 0.2) is 36.5 Å². The van der Waals surface area contributed by atoms with Crippen molar-refractivity contribution in [3.63, 3.8) is 0 Å². The second-order valence-corrected chi connectivity index (χ2v) is 8.89. The monoisotopic (exact) mass is 475 g/mol. The van der Waals surface area contributed by atoms with Crippen LogP contribution in [0.2, 0.25) is 0 Å². The van der Waals surface area contributed by atoms with E-state index >= 15 is 0 Å². The second kappa shape index (κ2) is 10.6. The summed E-state index contributed by atoms with van der Waals surface area (Å²) in [5, 5.41) is 5.49. The molecular formula is C22H29N5O5S. The van der Waals surface area contributed by atoms with Gasteiger partial charge in [-0.1, -0.05) is 6.92 Å². The number of nitrogens with zero attached hydrogens (tertiary/aromatic N) is 3. The molecule has 0 saturated carbocycles. The summed E-state index contributed by atoms with van der Waals surface area (Å²) in [4.78, 5) is 12.2. The summed E-state index contributed by atoms with van der Waals surface area (Å²) in [6.07, 6.45) is 5.28. The van der Waals surface area contributed by atoms with E-state index in [-0.39, 0.29) is 6.54 Å². The molecule has 11 heteroatoms. The van der Waals surface area contributed by atoms with E-state index < -0.39 is 16.1 Å². The lowest BCUT2D eigenvalue weighted by Gasteiger charge is -2.10. The summed E-state index contributed by atoms with van der Waals surface area (Å²) in [5.74, 6) is 0.686. The Morgan fingerprint density at radius 1 is 1.24 bits per heavy atom. The van der Waals surface area contributed by atoms with Gasteiger partial charge in [-0.3, -0.25) is 9.48 Å². The summed E-state index contributed by atoms with van der Waals surface area (Å²) in [5.41, 5.74) is 2.28. The molecule has 2 N–H and O–H groups in total. The zero-order valence-electron chi connectivity index (χ0n) is 19.2. The van der Waals surface area contributed by atoms with E-state index in [4.69, 9.17) is 9.47 Å². The van der Waals surface area contributed by atoms with Crippen LogP contribution in [0, 0.1) is 6.92 Å². The number of methoxy groups -OCH3 is 1. The van der Waals surface area contributed by atoms with Gasteiger partial charge in [0.15, 0.2) is 0 Å². The van der Waals surface area contributed by atoms with Crippen molar-refractivity contribution >= 4 is 33.1 Å². The Balaban J connectivity index is 1.91. The number of aryl methyl sites for hydroxylation is 2. The van der Waals surface area contributed by atoms with Crippen LogP contribution in [0.4, 0.5) is 0 Å². The number of aromatic nitrogens is 3. The summed E-state index contributed by atoms with van der Waals surface area (Å²) < 4.78 is 42.5. The maximum absolute atomic E-state index is 12.2. The summed E-state index contributed by atoms with van der Waals surface area (Å²) in [6, 6.07) is 7.77. The van der Waals surface area contributed by atoms with E-state index in [2.05, 4.69) is 9.82 Å². The first kappa shape index (κ1) is 24.5. The predicted molar refractivity (Wildman–Crippen MR) is 127 cm³/mol. The van der Waals surface area contributed by atoms with E-state index in [1.54, 1.807) is 17.9 Å². The first-order valence-electron chi connectivity index (χ1n) is 10.5. The smallest absolute Gasteiger partial charge is 0.301 e. The van der Waals surface area contributed by atoms with Crippen LogP contribution in [0.1, 0.15) is 24.6 Å². The first-order chi connectivity index (χ1) is 15.8. The third-order valence-corrected chi connectivity index (χ3v) is 5.92. The molecular weight excluding hydrogens is 446 g/mol. The molecule has 0 spiro atoms. The van der Waals surface area contributed by atoms with Crippen LogP contribution in [0.3, 0.4) is 0 Å². The van der Waals surface area contributed by atoms with Crippen LogP contribution in [0.5, 0.6) is 5.75 Å². The Morgan fingerprint density at radius 2 is 2.03 bits per heavy atom. The molecule has 33 heavy (non-hydrogen) atoms. The van der Waals surface area contributed by atoms with Gasteiger partial charge in [0.1, 0.15) is 18.2 Å². The Morgan fingerprint density at radius 3 is 2.76 bits per heavy atom. The van der Waals surface area contributed by atoms with Crippen molar-refractivity contribution in [1.82, 2.24) is 23.8 Å². The fraction of sp³-hybridized carbons (Fsp3) is 0.364. The van der Waals surface area contributed by atoms with Gasteiger partial charge in [0.05, 0.1) is 17.8 Å². The van der Waals surface area contributed by atoms with Crippen LogP contribution in [-0.4, -0.2) is 55.5 Å². The maximum Gasteiger partial charge on any atom is 0.301 e. The minimum absolute atomic E-state index is 0.246. The molecule has 0 aliphatic heterocycles. The van der Waals surface area contributed by atoms with Crippen LogP contribution in [0.25, 0.3) is 22.8 Å². The van der Waals surface area contributed by atoms with Crippen LogP contribution < -0.4 is 14.2 Å². The molecule has 3 aromatic rings. The lowest BCUT2D eigenvalue weighted by Crippen LogP contribution is -2.39. The quantitative estimate of drug-likeness (QED) is 0.324. The van der Waals surface area contributed by atoms with Gasteiger partial charge in [-0.2, -0.15) is 18.2 Å². The van der Waals surface area contributed by atoms with Gasteiger partial charge in [0, 0.05) is 50.0 Å². The maximum atomic E-state index is 12.2. The number of carbonyl (C=O) groups is 1. The van der Waals surface area contributed by atoms with Gasteiger partial charge in [-0.25, -0.2) is 4.72 Å². The van der Waals surface area contributed by atoms with Crippen molar-refractivity contribution in [2.75, 3.05) is 26.9 Å². The third kappa shape index (κ3) is 6.01. The van der Waals surface area contributed by atoms with Crippen molar-refractivity contribution in [3.05, 3.63) is 47.8 Å². The molecule has 10 nitrogen and oxygen atoms in total. The average molecular weight is 476 g/mol. The van der Waals surface area contributed by atoms with Gasteiger partial charge in [0.25, 0.3) is 5.91 Å². The zero-order valence-corrected chi connectivity index (χ0v) is 20.0. The highest BCUT2D eigenvalue weighted by Crippen LogP contribution is 2.28. The SMILES string of the molecule is CCCNS(=O)(=O)NC(=O)C=Cc1c(C)nn(C)c1-n1ccc2ccc(OCCOC)cc21. The summed E-state index contributed by atoms with van der Waals surface area (Å²) >= 11 is 0. The van der Waals surface area contributed by atoms with E-state index in [1.165, 1.54) is 6.08 Å². The number of rotatable bonds is 11. The molecule has 0 aliphatic carbocycles. The minimum atomic E-state index is -3.90. The van der Waals surface area contributed by atoms with Crippen molar-refractivity contribution in [1.29, 1.82) is 0 Å². The predicted octanol–water partition coefficient (Wildman–Crippen LogP) is 2.07. The van der Waals surface area contributed by atoms with E-state index in [9.17, 15) is 13.2 Å². The molecule has 0 saturated heterocycles. The molecule has 1 aromatic carbocycles. The van der Waals surface area contributed by atoms with Gasteiger partial charge in [0.2, 0.25) is 0 Å². The van der Waals surface area contributed by atoms with Crippen molar-refractivity contribution in [2.24, 2.45) is 7.05 Å². The standard InChI is InChI=1S/C22H29N5O5S/c1-5-11-23-33(29,30)25-21(28)9-8-19-16(2)24-26(3)22(19)27-12-10-17-6-7-18(15-20(17)27)32-14-13-31-4/h6-10,12,15,23H,5,11,13-14H2,1-4H3,(H,25,28). The molecule has 2 aromatic heterocycles. The zero-order chi connectivity index (χ0) is 24.0. The first-order valence-corrected chi connectivity index (χ1v) is 12.0. The van der Waals surface area contributed by atoms with Crippen molar-refractivity contribution in [2.45, 2.75) is 20.3 Å². The second-order valence-electron chi connectivity index (χ2n) is 7.39. The van der Waals surface area contributed by atoms with E-state index in [0.717, 1.165) is 16.7 Å². The van der Waals surface area contributed by atoms with Gasteiger partial charge >= 0.3 is 10.2 Å². The molecule has 0 fully saturated rings. The van der Waals surface area contributed by atoms with Gasteiger partial charge < -0.3 is 14.0 Å². The van der Waals surface area contributed by atoms with E-state index in [0.29, 0.717) is 36.6 Å². The number of hydrogen-bond donors (Lipinski definition) is 2. The number of amides is 1. The highest BCUT2D eigenvalue weighted by molar-refractivity contribution is 7.88. The molecule has 2 heterocycles. The van der Waals surface area contributed by atoms with Crippen LogP contribution in [-0.2, 0) is 26.8 Å². The molecule has 0 bridgehead atoms. The largest absolute Gasteiger partial charge is 0.491 e. The van der Waals surface area contributed by atoms with Gasteiger partial charge in [-0.05, 0) is 37.6 Å². The van der Waals surface area contributed by atoms with Crippen LogP contribution >= 0.6 is 0 Å². The number of hydrogen-bond acceptors (Lipinski definition) is 6. The van der Waals surface area contributed by atoms with Gasteiger partial charge in [-0.15, -0.1) is 0 Å². The third-order valence-electron chi connectivity index (χ3n) is 4.86. The number of ether oxygens (including phenoxy) is 2. The Bertz CT molecular complexity index is 1260. The van der Waals surface area contributed by atoms with E-state index in [1.807, 2.05) is 60.6 Å². The Kier molecular flexibility index (Phi) is 7.90. The minimum Gasteiger partial charge on any atom is -0.491 e. The average Bonchev–Trinajstić information content (AvgIpc) is 3.29. The van der Waals surface area contributed by atoms with Crippen molar-refractivity contribution < 1.29 is 22.7 Å². The fourth-order valence-corrected chi connectivity index (χ4v) is 4.24. The van der Waals surface area contributed by atoms with Crippen molar-refractivity contribution in [3.8, 4) is 11.6 Å². The number of nitrogens with one attached hydrogen (secondary N) is 2.